The van der Waals surface area contributed by atoms with E-state index >= 15 is 0 Å². The Bertz CT molecular complexity index is 334. The lowest BCUT2D eigenvalue weighted by molar-refractivity contribution is 0.340. The van der Waals surface area contributed by atoms with E-state index in [1.54, 1.807) is 0 Å². The molecule has 1 atom stereocenters. The summed E-state index contributed by atoms with van der Waals surface area (Å²) >= 11 is 0. The number of aryl methyl sites for hydroxylation is 2. The quantitative estimate of drug-likeness (QED) is 0.787. The maximum absolute atomic E-state index is 5.77. The van der Waals surface area contributed by atoms with Crippen LogP contribution in [0.5, 0.6) is 5.75 Å². The van der Waals surface area contributed by atoms with Crippen molar-refractivity contribution >= 4 is 0 Å². The molecule has 2 N–H and O–H groups in total. The topological polar surface area (TPSA) is 35.2 Å². The van der Waals surface area contributed by atoms with Crippen molar-refractivity contribution in [1.29, 1.82) is 0 Å². The number of benzene rings is 1. The van der Waals surface area contributed by atoms with Gasteiger partial charge >= 0.3 is 0 Å². The SMILES string of the molecule is CCOc1ccc(CCCC(C)N)c(CC)c1. The second-order valence-corrected chi connectivity index (χ2v) is 4.59. The summed E-state index contributed by atoms with van der Waals surface area (Å²) in [7, 11) is 0. The van der Waals surface area contributed by atoms with Gasteiger partial charge in [0.1, 0.15) is 5.75 Å². The molecule has 0 aliphatic rings. The van der Waals surface area contributed by atoms with Crippen molar-refractivity contribution in [2.45, 2.75) is 52.5 Å². The highest BCUT2D eigenvalue weighted by molar-refractivity contribution is 5.35. The van der Waals surface area contributed by atoms with Crippen LogP contribution in [0.3, 0.4) is 0 Å². The zero-order chi connectivity index (χ0) is 12.7. The van der Waals surface area contributed by atoms with Crippen LogP contribution in [0.1, 0.15) is 44.7 Å². The first-order valence-corrected chi connectivity index (χ1v) is 6.67. The molecule has 96 valence electrons. The summed E-state index contributed by atoms with van der Waals surface area (Å²) in [5, 5.41) is 0. The van der Waals surface area contributed by atoms with Crippen molar-refractivity contribution < 1.29 is 4.74 Å². The van der Waals surface area contributed by atoms with Crippen molar-refractivity contribution in [2.24, 2.45) is 5.73 Å². The fourth-order valence-corrected chi connectivity index (χ4v) is 2.05. The molecule has 1 rings (SSSR count). The lowest BCUT2D eigenvalue weighted by atomic mass is 9.99. The molecule has 0 bridgehead atoms. The van der Waals surface area contributed by atoms with E-state index in [4.69, 9.17) is 10.5 Å². The minimum absolute atomic E-state index is 0.308. The summed E-state index contributed by atoms with van der Waals surface area (Å²) in [5.74, 6) is 0.986. The zero-order valence-corrected chi connectivity index (χ0v) is 11.3. The van der Waals surface area contributed by atoms with Gasteiger partial charge in [-0.2, -0.15) is 0 Å². The molecule has 1 aromatic carbocycles. The van der Waals surface area contributed by atoms with E-state index in [0.29, 0.717) is 6.04 Å². The Balaban J connectivity index is 2.64. The monoisotopic (exact) mass is 235 g/mol. The average Bonchev–Trinajstić information content (AvgIpc) is 2.30. The number of rotatable bonds is 7. The van der Waals surface area contributed by atoms with Gasteiger partial charge < -0.3 is 10.5 Å². The van der Waals surface area contributed by atoms with Crippen LogP contribution in [-0.2, 0) is 12.8 Å². The predicted molar refractivity (Wildman–Crippen MR) is 73.6 cm³/mol. The van der Waals surface area contributed by atoms with Crippen LogP contribution in [0.2, 0.25) is 0 Å². The zero-order valence-electron chi connectivity index (χ0n) is 11.3. The first-order valence-electron chi connectivity index (χ1n) is 6.67. The molecule has 1 unspecified atom stereocenters. The Labute approximate surface area is 105 Å². The first-order chi connectivity index (χ1) is 8.17. The Morgan fingerprint density at radius 2 is 2.00 bits per heavy atom. The Kier molecular flexibility index (Phi) is 6.06. The molecule has 0 heterocycles. The molecule has 0 amide bonds. The fourth-order valence-electron chi connectivity index (χ4n) is 2.05. The standard InChI is InChI=1S/C15H25NO/c1-4-13-11-15(17-5-2)10-9-14(13)8-6-7-12(3)16/h9-12H,4-8,16H2,1-3H3. The van der Waals surface area contributed by atoms with Crippen molar-refractivity contribution in [3.8, 4) is 5.75 Å². The second-order valence-electron chi connectivity index (χ2n) is 4.59. The van der Waals surface area contributed by atoms with Gasteiger partial charge in [-0.1, -0.05) is 13.0 Å². The van der Waals surface area contributed by atoms with Crippen LogP contribution in [0.25, 0.3) is 0 Å². The molecule has 0 aliphatic carbocycles. The van der Waals surface area contributed by atoms with Crippen molar-refractivity contribution in [1.82, 2.24) is 0 Å². The van der Waals surface area contributed by atoms with Gasteiger partial charge in [0.05, 0.1) is 6.61 Å². The maximum Gasteiger partial charge on any atom is 0.119 e. The molecule has 0 fully saturated rings. The van der Waals surface area contributed by atoms with Gasteiger partial charge in [-0.25, -0.2) is 0 Å². The van der Waals surface area contributed by atoms with Crippen molar-refractivity contribution in [3.05, 3.63) is 29.3 Å². The third-order valence-electron chi connectivity index (χ3n) is 2.98. The highest BCUT2D eigenvalue weighted by Crippen LogP contribution is 2.20. The molecule has 17 heavy (non-hydrogen) atoms. The molecular weight excluding hydrogens is 210 g/mol. The van der Waals surface area contributed by atoms with Crippen LogP contribution in [0, 0.1) is 0 Å². The summed E-state index contributed by atoms with van der Waals surface area (Å²) in [6, 6.07) is 6.75. The van der Waals surface area contributed by atoms with E-state index in [-0.39, 0.29) is 0 Å². The summed E-state index contributed by atoms with van der Waals surface area (Å²) in [4.78, 5) is 0. The molecular formula is C15H25NO. The minimum atomic E-state index is 0.308. The lowest BCUT2D eigenvalue weighted by Crippen LogP contribution is -2.14. The maximum atomic E-state index is 5.77. The molecule has 0 aliphatic heterocycles. The summed E-state index contributed by atoms with van der Waals surface area (Å²) in [5.41, 5.74) is 8.62. The third-order valence-corrected chi connectivity index (χ3v) is 2.98. The Morgan fingerprint density at radius 1 is 1.24 bits per heavy atom. The fraction of sp³-hybridized carbons (Fsp3) is 0.600. The van der Waals surface area contributed by atoms with Crippen LogP contribution in [0.4, 0.5) is 0 Å². The molecule has 0 saturated carbocycles. The van der Waals surface area contributed by atoms with E-state index in [1.165, 1.54) is 17.5 Å². The van der Waals surface area contributed by atoms with Crippen molar-refractivity contribution in [3.63, 3.8) is 0 Å². The highest BCUT2D eigenvalue weighted by Gasteiger charge is 2.04. The smallest absolute Gasteiger partial charge is 0.119 e. The summed E-state index contributed by atoms with van der Waals surface area (Å²) < 4.78 is 5.53. The largest absolute Gasteiger partial charge is 0.494 e. The van der Waals surface area contributed by atoms with Crippen LogP contribution in [0.15, 0.2) is 18.2 Å². The first kappa shape index (κ1) is 14.0. The highest BCUT2D eigenvalue weighted by atomic mass is 16.5. The van der Waals surface area contributed by atoms with Gasteiger partial charge in [-0.3, -0.25) is 0 Å². The Hall–Kier alpha value is -1.02. The van der Waals surface area contributed by atoms with Gasteiger partial charge in [-0.05, 0) is 62.8 Å². The van der Waals surface area contributed by atoms with E-state index in [0.717, 1.165) is 31.6 Å². The van der Waals surface area contributed by atoms with Gasteiger partial charge in [0, 0.05) is 6.04 Å². The molecule has 0 saturated heterocycles. The van der Waals surface area contributed by atoms with E-state index in [9.17, 15) is 0 Å². The number of hydrogen-bond donors (Lipinski definition) is 1. The number of nitrogens with two attached hydrogens (primary N) is 1. The summed E-state index contributed by atoms with van der Waals surface area (Å²) in [6.45, 7) is 7.01. The van der Waals surface area contributed by atoms with E-state index < -0.39 is 0 Å². The molecule has 2 nitrogen and oxygen atoms in total. The molecule has 0 aromatic heterocycles. The van der Waals surface area contributed by atoms with Gasteiger partial charge in [0.15, 0.2) is 0 Å². The van der Waals surface area contributed by atoms with Gasteiger partial charge in [0.25, 0.3) is 0 Å². The molecule has 2 heteroatoms. The van der Waals surface area contributed by atoms with Crippen LogP contribution in [-0.4, -0.2) is 12.6 Å². The van der Waals surface area contributed by atoms with Gasteiger partial charge in [0.2, 0.25) is 0 Å². The van der Waals surface area contributed by atoms with Crippen LogP contribution < -0.4 is 10.5 Å². The number of ether oxygens (including phenoxy) is 1. The average molecular weight is 235 g/mol. The van der Waals surface area contributed by atoms with E-state index in [1.807, 2.05) is 6.92 Å². The summed E-state index contributed by atoms with van der Waals surface area (Å²) in [6.07, 6.45) is 4.44. The lowest BCUT2D eigenvalue weighted by Gasteiger charge is -2.11. The molecule has 0 radical (unpaired) electrons. The van der Waals surface area contributed by atoms with Crippen molar-refractivity contribution in [2.75, 3.05) is 6.61 Å². The molecule has 0 spiro atoms. The number of hydrogen-bond acceptors (Lipinski definition) is 2. The third kappa shape index (κ3) is 4.78. The Morgan fingerprint density at radius 3 is 2.59 bits per heavy atom. The van der Waals surface area contributed by atoms with Gasteiger partial charge in [-0.15, -0.1) is 0 Å². The second kappa shape index (κ2) is 7.33. The molecule has 1 aromatic rings. The minimum Gasteiger partial charge on any atom is -0.494 e. The predicted octanol–water partition coefficient (Wildman–Crippen LogP) is 3.32. The van der Waals surface area contributed by atoms with Crippen LogP contribution >= 0.6 is 0 Å². The normalized spacial score (nSPS) is 12.5. The van der Waals surface area contributed by atoms with E-state index in [2.05, 4.69) is 32.0 Å².